The predicted octanol–water partition coefficient (Wildman–Crippen LogP) is 3.49. The molecule has 0 unspecified atom stereocenters. The van der Waals surface area contributed by atoms with Gasteiger partial charge in [0.25, 0.3) is 5.56 Å². The minimum Gasteiger partial charge on any atom is -0.481 e. The summed E-state index contributed by atoms with van der Waals surface area (Å²) in [6.07, 6.45) is 4.12. The van der Waals surface area contributed by atoms with Crippen molar-refractivity contribution in [3.05, 3.63) is 62.8 Å². The summed E-state index contributed by atoms with van der Waals surface area (Å²) in [4.78, 5) is 29.1. The second-order valence-electron chi connectivity index (χ2n) is 5.29. The van der Waals surface area contributed by atoms with Crippen LogP contribution in [0.5, 0.6) is 0 Å². The van der Waals surface area contributed by atoms with Gasteiger partial charge in [0.15, 0.2) is 0 Å². The van der Waals surface area contributed by atoms with Gasteiger partial charge in [-0.05, 0) is 42.2 Å². The summed E-state index contributed by atoms with van der Waals surface area (Å²) in [5.41, 5.74) is 0.500. The minimum atomic E-state index is -0.868. The molecule has 24 heavy (non-hydrogen) atoms. The van der Waals surface area contributed by atoms with Crippen molar-refractivity contribution in [2.45, 2.75) is 19.4 Å². The molecule has 0 saturated heterocycles. The highest BCUT2D eigenvalue weighted by molar-refractivity contribution is 7.10. The van der Waals surface area contributed by atoms with E-state index in [4.69, 9.17) is 5.11 Å². The van der Waals surface area contributed by atoms with E-state index in [9.17, 15) is 9.59 Å². The number of aromatic nitrogens is 2. The van der Waals surface area contributed by atoms with Crippen LogP contribution in [0.25, 0.3) is 23.1 Å². The second kappa shape index (κ2) is 7.23. The first-order valence-electron chi connectivity index (χ1n) is 7.58. The Kier molecular flexibility index (Phi) is 4.86. The molecule has 0 fully saturated rings. The first-order valence-corrected chi connectivity index (χ1v) is 8.46. The lowest BCUT2D eigenvalue weighted by molar-refractivity contribution is -0.137. The zero-order valence-electron chi connectivity index (χ0n) is 12.9. The molecule has 0 atom stereocenters. The molecule has 1 aromatic carbocycles. The van der Waals surface area contributed by atoms with E-state index in [1.54, 1.807) is 40.2 Å². The molecule has 0 bridgehead atoms. The van der Waals surface area contributed by atoms with Crippen molar-refractivity contribution in [2.24, 2.45) is 0 Å². The topological polar surface area (TPSA) is 72.2 Å². The minimum absolute atomic E-state index is 0.0212. The van der Waals surface area contributed by atoms with Gasteiger partial charge in [-0.15, -0.1) is 11.3 Å². The molecule has 5 nitrogen and oxygen atoms in total. The molecule has 0 aliphatic rings. The molecular weight excluding hydrogens is 324 g/mol. The van der Waals surface area contributed by atoms with Gasteiger partial charge in [0.1, 0.15) is 5.82 Å². The Morgan fingerprint density at radius 2 is 2.04 bits per heavy atom. The lowest BCUT2D eigenvalue weighted by Crippen LogP contribution is -2.24. The Balaban J connectivity index is 2.03. The SMILES string of the molecule is O=C(O)CCCn1c(C=Cc2cccs2)nc2ccccc2c1=O. The van der Waals surface area contributed by atoms with Gasteiger partial charge in [-0.2, -0.15) is 0 Å². The summed E-state index contributed by atoms with van der Waals surface area (Å²) < 4.78 is 1.55. The maximum Gasteiger partial charge on any atom is 0.303 e. The van der Waals surface area contributed by atoms with E-state index in [2.05, 4.69) is 4.98 Å². The number of benzene rings is 1. The molecule has 0 aliphatic heterocycles. The summed E-state index contributed by atoms with van der Waals surface area (Å²) in [6.45, 7) is 0.326. The van der Waals surface area contributed by atoms with E-state index in [1.807, 2.05) is 29.7 Å². The summed E-state index contributed by atoms with van der Waals surface area (Å²) in [7, 11) is 0. The first kappa shape index (κ1) is 16.1. The van der Waals surface area contributed by atoms with Gasteiger partial charge in [-0.25, -0.2) is 4.98 Å². The lowest BCUT2D eigenvalue weighted by atomic mass is 10.2. The highest BCUT2D eigenvalue weighted by atomic mass is 32.1. The Morgan fingerprint density at radius 3 is 2.79 bits per heavy atom. The average molecular weight is 340 g/mol. The lowest BCUT2D eigenvalue weighted by Gasteiger charge is -2.10. The van der Waals surface area contributed by atoms with Crippen LogP contribution < -0.4 is 5.56 Å². The molecule has 3 rings (SSSR count). The molecule has 0 saturated carbocycles. The van der Waals surface area contributed by atoms with Gasteiger partial charge in [-0.1, -0.05) is 18.2 Å². The highest BCUT2D eigenvalue weighted by Gasteiger charge is 2.09. The summed E-state index contributed by atoms with van der Waals surface area (Å²) in [5, 5.41) is 11.3. The molecule has 2 heterocycles. The number of hydrogen-bond donors (Lipinski definition) is 1. The number of carboxylic acids is 1. The third-order valence-electron chi connectivity index (χ3n) is 3.60. The number of hydrogen-bond acceptors (Lipinski definition) is 4. The molecule has 122 valence electrons. The molecule has 2 aromatic heterocycles. The zero-order valence-corrected chi connectivity index (χ0v) is 13.7. The van der Waals surface area contributed by atoms with Crippen LogP contribution in [0.3, 0.4) is 0 Å². The monoisotopic (exact) mass is 340 g/mol. The van der Waals surface area contributed by atoms with Crippen LogP contribution in [-0.2, 0) is 11.3 Å². The Bertz CT molecular complexity index is 943. The van der Waals surface area contributed by atoms with E-state index in [0.717, 1.165) is 4.88 Å². The van der Waals surface area contributed by atoms with Crippen molar-refractivity contribution in [3.8, 4) is 0 Å². The molecule has 0 spiro atoms. The predicted molar refractivity (Wildman–Crippen MR) is 96.1 cm³/mol. The van der Waals surface area contributed by atoms with Crippen molar-refractivity contribution in [1.82, 2.24) is 9.55 Å². The van der Waals surface area contributed by atoms with Gasteiger partial charge in [0.2, 0.25) is 0 Å². The number of rotatable bonds is 6. The van der Waals surface area contributed by atoms with Crippen LogP contribution in [0.1, 0.15) is 23.5 Å². The summed E-state index contributed by atoms with van der Waals surface area (Å²) in [5.74, 6) is -0.329. The third kappa shape index (κ3) is 3.60. The number of nitrogens with zero attached hydrogens (tertiary/aromatic N) is 2. The molecule has 0 amide bonds. The molecule has 6 heteroatoms. The standard InChI is InChI=1S/C18H16N2O3S/c21-17(22)8-3-11-20-16(10-9-13-5-4-12-24-13)19-15-7-2-1-6-14(15)18(20)23/h1-2,4-7,9-10,12H,3,8,11H2,(H,21,22). The van der Waals surface area contributed by atoms with Crippen LogP contribution in [-0.4, -0.2) is 20.6 Å². The van der Waals surface area contributed by atoms with Crippen molar-refractivity contribution in [3.63, 3.8) is 0 Å². The first-order chi connectivity index (χ1) is 11.6. The summed E-state index contributed by atoms with van der Waals surface area (Å²) >= 11 is 1.60. The Morgan fingerprint density at radius 1 is 1.21 bits per heavy atom. The van der Waals surface area contributed by atoms with Gasteiger partial charge >= 0.3 is 5.97 Å². The van der Waals surface area contributed by atoms with E-state index >= 15 is 0 Å². The van der Waals surface area contributed by atoms with Crippen LogP contribution in [0.4, 0.5) is 0 Å². The Labute approximate surface area is 142 Å². The number of thiophene rings is 1. The third-order valence-corrected chi connectivity index (χ3v) is 4.44. The number of fused-ring (bicyclic) bond motifs is 1. The molecule has 0 radical (unpaired) electrons. The zero-order chi connectivity index (χ0) is 16.9. The van der Waals surface area contributed by atoms with Crippen LogP contribution in [0.2, 0.25) is 0 Å². The molecule has 3 aromatic rings. The fraction of sp³-hybridized carbons (Fsp3) is 0.167. The van der Waals surface area contributed by atoms with Crippen LogP contribution >= 0.6 is 11.3 Å². The van der Waals surface area contributed by atoms with E-state index in [0.29, 0.717) is 29.7 Å². The van der Waals surface area contributed by atoms with E-state index < -0.39 is 5.97 Å². The smallest absolute Gasteiger partial charge is 0.303 e. The number of para-hydroxylation sites is 1. The maximum absolute atomic E-state index is 12.7. The average Bonchev–Trinajstić information content (AvgIpc) is 3.08. The fourth-order valence-electron chi connectivity index (χ4n) is 2.46. The second-order valence-corrected chi connectivity index (χ2v) is 6.27. The van der Waals surface area contributed by atoms with E-state index in [1.165, 1.54) is 0 Å². The number of aliphatic carboxylic acids is 1. The largest absolute Gasteiger partial charge is 0.481 e. The van der Waals surface area contributed by atoms with Crippen LogP contribution in [0.15, 0.2) is 46.6 Å². The van der Waals surface area contributed by atoms with Gasteiger partial charge in [0.05, 0.1) is 10.9 Å². The quantitative estimate of drug-likeness (QED) is 0.745. The van der Waals surface area contributed by atoms with E-state index in [-0.39, 0.29) is 12.0 Å². The van der Waals surface area contributed by atoms with Crippen molar-refractivity contribution < 1.29 is 9.90 Å². The van der Waals surface area contributed by atoms with Gasteiger partial charge in [-0.3, -0.25) is 14.2 Å². The van der Waals surface area contributed by atoms with Crippen molar-refractivity contribution in [1.29, 1.82) is 0 Å². The number of carbonyl (C=O) groups is 1. The van der Waals surface area contributed by atoms with Gasteiger partial charge < -0.3 is 5.11 Å². The molecular formula is C18H16N2O3S. The molecule has 1 N–H and O–H groups in total. The maximum atomic E-state index is 12.7. The normalized spacial score (nSPS) is 11.3. The highest BCUT2D eigenvalue weighted by Crippen LogP contribution is 2.14. The number of carboxylic acid groups (broad SMARTS) is 1. The Hall–Kier alpha value is -2.73. The van der Waals surface area contributed by atoms with Crippen molar-refractivity contribution >= 4 is 40.4 Å². The van der Waals surface area contributed by atoms with Crippen LogP contribution in [0, 0.1) is 0 Å². The summed E-state index contributed by atoms with van der Waals surface area (Å²) in [6, 6.07) is 11.1. The van der Waals surface area contributed by atoms with Crippen molar-refractivity contribution in [2.75, 3.05) is 0 Å². The fourth-order valence-corrected chi connectivity index (χ4v) is 3.08. The molecule has 0 aliphatic carbocycles. The van der Waals surface area contributed by atoms with Gasteiger partial charge in [0, 0.05) is 17.8 Å².